The number of ketones is 1. The first-order chi connectivity index (χ1) is 13.7. The van der Waals surface area contributed by atoms with Crippen LogP contribution in [0.3, 0.4) is 0 Å². The third kappa shape index (κ3) is 6.51. The Hall–Kier alpha value is -2.09. The quantitative estimate of drug-likeness (QED) is 0.193. The molecule has 3 rings (SSSR count). The van der Waals surface area contributed by atoms with Crippen LogP contribution < -0.4 is 0 Å². The van der Waals surface area contributed by atoms with E-state index < -0.39 is 0 Å². The normalized spacial score (nSPS) is 13.2. The average Bonchev–Trinajstić information content (AvgIpc) is 3.25. The second kappa shape index (κ2) is 11.0. The van der Waals surface area contributed by atoms with Gasteiger partial charge in [-0.1, -0.05) is 0 Å². The monoisotopic (exact) mass is 440 g/mol. The number of Topliss-reactive ketones (excluding diaryl/α,β-unsaturated/α-hetero) is 1. The predicted molar refractivity (Wildman–Crippen MR) is 116 cm³/mol. The Morgan fingerprint density at radius 3 is 2.36 bits per heavy atom. The summed E-state index contributed by atoms with van der Waals surface area (Å²) in [6, 6.07) is 22.3. The van der Waals surface area contributed by atoms with Crippen molar-refractivity contribution in [2.75, 3.05) is 0 Å². The minimum atomic E-state index is 0.253. The number of aryl methyl sites for hydroxylation is 1. The molecule has 2 unspecified atom stereocenters. The molecule has 2 aromatic carbocycles. The van der Waals surface area contributed by atoms with Gasteiger partial charge in [-0.2, -0.15) is 0 Å². The van der Waals surface area contributed by atoms with Crippen LogP contribution >= 0.6 is 0 Å². The topological polar surface area (TPSA) is 30.2 Å². The Bertz CT molecular complexity index is 812. The first kappa shape index (κ1) is 20.6. The Balaban J connectivity index is 1.55. The maximum absolute atomic E-state index is 12.8. The van der Waals surface area contributed by atoms with Gasteiger partial charge in [0.1, 0.15) is 0 Å². The first-order valence-corrected chi connectivity index (χ1v) is 12.0. The summed E-state index contributed by atoms with van der Waals surface area (Å²) in [7, 11) is 0. The van der Waals surface area contributed by atoms with Gasteiger partial charge in [-0.05, 0) is 0 Å². The molecule has 3 aromatic rings. The Labute approximate surface area is 174 Å². The van der Waals surface area contributed by atoms with Crippen LogP contribution in [-0.2, 0) is 6.42 Å². The van der Waals surface area contributed by atoms with Crippen molar-refractivity contribution in [2.45, 2.75) is 48.7 Å². The van der Waals surface area contributed by atoms with Crippen LogP contribution in [0.15, 0.2) is 83.7 Å². The van der Waals surface area contributed by atoms with E-state index in [2.05, 4.69) is 31.2 Å². The Morgan fingerprint density at radius 2 is 1.68 bits per heavy atom. The molecule has 0 bridgehead atoms. The van der Waals surface area contributed by atoms with Crippen LogP contribution in [0.2, 0.25) is 4.82 Å². The summed E-state index contributed by atoms with van der Waals surface area (Å²) < 4.78 is 5.14. The second-order valence-electron chi connectivity index (χ2n) is 7.22. The van der Waals surface area contributed by atoms with Crippen LogP contribution in [0.4, 0.5) is 0 Å². The summed E-state index contributed by atoms with van der Waals surface area (Å²) in [5.74, 6) is 0.253. The first-order valence-electron chi connectivity index (χ1n) is 10.0. The van der Waals surface area contributed by atoms with E-state index in [9.17, 15) is 4.79 Å². The minimum absolute atomic E-state index is 0.253. The fourth-order valence-electron chi connectivity index (χ4n) is 3.37. The molecule has 146 valence electrons. The zero-order chi connectivity index (χ0) is 19.6. The Morgan fingerprint density at radius 1 is 0.964 bits per heavy atom. The van der Waals surface area contributed by atoms with E-state index in [-0.39, 0.29) is 5.78 Å². The average molecular weight is 439 g/mol. The van der Waals surface area contributed by atoms with Crippen LogP contribution in [0, 0.1) is 0 Å². The van der Waals surface area contributed by atoms with E-state index >= 15 is 0 Å². The summed E-state index contributed by atoms with van der Waals surface area (Å²) in [6.45, 7) is 2.35. The van der Waals surface area contributed by atoms with E-state index in [0.717, 1.165) is 12.0 Å². The van der Waals surface area contributed by atoms with Crippen LogP contribution in [0.25, 0.3) is 0 Å². The fraction of sp³-hybridized carbons (Fsp3) is 0.320. The third-order valence-electron chi connectivity index (χ3n) is 4.94. The summed E-state index contributed by atoms with van der Waals surface area (Å²) in [5.41, 5.74) is 3.41. The summed E-state index contributed by atoms with van der Waals surface area (Å²) in [6.07, 6.45) is 8.92. The van der Waals surface area contributed by atoms with Crippen molar-refractivity contribution in [2.24, 2.45) is 0 Å². The number of hydrogen-bond donors (Lipinski definition) is 0. The molecule has 0 aliphatic heterocycles. The molecule has 0 fully saturated rings. The number of rotatable bonds is 11. The molecule has 0 aliphatic carbocycles. The zero-order valence-corrected chi connectivity index (χ0v) is 18.1. The van der Waals surface area contributed by atoms with E-state index in [1.807, 2.05) is 48.7 Å². The molecule has 0 aliphatic rings. The van der Waals surface area contributed by atoms with Crippen LogP contribution in [0.5, 0.6) is 0 Å². The molecule has 1 heterocycles. The van der Waals surface area contributed by atoms with Crippen molar-refractivity contribution < 1.29 is 9.21 Å². The van der Waals surface area contributed by atoms with Gasteiger partial charge in [-0.25, -0.2) is 0 Å². The fourth-order valence-corrected chi connectivity index (χ4v) is 6.36. The van der Waals surface area contributed by atoms with Gasteiger partial charge in [0.2, 0.25) is 0 Å². The standard InChI is InChI=1S/C25H28O2Se/c1-20(10-8-9-11-21-16-17-27-19-21)28-25(23-14-6-3-7-15-23)18-24(26)22-12-4-2-5-13-22/h2-7,12-17,19-20,25H,8-11,18H2,1H3. The van der Waals surface area contributed by atoms with E-state index in [1.165, 1.54) is 30.4 Å². The van der Waals surface area contributed by atoms with Crippen molar-refractivity contribution in [3.05, 3.63) is 95.9 Å². The summed E-state index contributed by atoms with van der Waals surface area (Å²) in [5, 5.41) is 0. The van der Waals surface area contributed by atoms with E-state index in [4.69, 9.17) is 4.42 Å². The van der Waals surface area contributed by atoms with Gasteiger partial charge in [0, 0.05) is 0 Å². The second-order valence-corrected chi connectivity index (χ2v) is 10.7. The molecule has 2 nitrogen and oxygen atoms in total. The molecule has 0 saturated carbocycles. The number of carbonyl (C=O) groups excluding carboxylic acids is 1. The van der Waals surface area contributed by atoms with Gasteiger partial charge < -0.3 is 0 Å². The van der Waals surface area contributed by atoms with Crippen LogP contribution in [0.1, 0.15) is 58.9 Å². The molecule has 0 spiro atoms. The predicted octanol–water partition coefficient (Wildman–Crippen LogP) is 6.52. The van der Waals surface area contributed by atoms with Gasteiger partial charge in [0.15, 0.2) is 0 Å². The van der Waals surface area contributed by atoms with Crippen molar-refractivity contribution in [1.29, 1.82) is 0 Å². The van der Waals surface area contributed by atoms with Crippen molar-refractivity contribution in [1.82, 2.24) is 0 Å². The molecule has 0 radical (unpaired) electrons. The number of hydrogen-bond acceptors (Lipinski definition) is 2. The molecular formula is C25H28O2Se. The maximum atomic E-state index is 12.8. The molecule has 2 atom stereocenters. The Kier molecular flexibility index (Phi) is 8.14. The number of benzene rings is 2. The van der Waals surface area contributed by atoms with Gasteiger partial charge in [0.25, 0.3) is 0 Å². The summed E-state index contributed by atoms with van der Waals surface area (Å²) in [4.78, 5) is 13.8. The molecule has 1 aromatic heterocycles. The van der Waals surface area contributed by atoms with Gasteiger partial charge in [-0.3, -0.25) is 0 Å². The molecule has 3 heteroatoms. The van der Waals surface area contributed by atoms with Gasteiger partial charge >= 0.3 is 175 Å². The van der Waals surface area contributed by atoms with Crippen LogP contribution in [-0.4, -0.2) is 20.7 Å². The van der Waals surface area contributed by atoms with Gasteiger partial charge in [0.05, 0.1) is 0 Å². The summed E-state index contributed by atoms with van der Waals surface area (Å²) >= 11 is 0.390. The van der Waals surface area contributed by atoms with Gasteiger partial charge in [-0.15, -0.1) is 0 Å². The molecule has 0 saturated heterocycles. The number of carbonyl (C=O) groups is 1. The number of unbranched alkanes of at least 4 members (excludes halogenated alkanes) is 1. The molecular weight excluding hydrogens is 411 g/mol. The van der Waals surface area contributed by atoms with Crippen molar-refractivity contribution >= 4 is 20.7 Å². The van der Waals surface area contributed by atoms with Crippen molar-refractivity contribution in [3.8, 4) is 0 Å². The zero-order valence-electron chi connectivity index (χ0n) is 16.4. The SMILES string of the molecule is CC(CCCCc1ccoc1)[Se]C(CC(=O)c1ccccc1)c1ccccc1. The molecule has 0 amide bonds. The molecule has 28 heavy (non-hydrogen) atoms. The van der Waals surface area contributed by atoms with E-state index in [0.29, 0.717) is 31.0 Å². The third-order valence-corrected chi connectivity index (χ3v) is 8.02. The van der Waals surface area contributed by atoms with E-state index in [1.54, 1.807) is 6.26 Å². The molecule has 0 N–H and O–H groups in total. The number of furan rings is 1. The van der Waals surface area contributed by atoms with Crippen molar-refractivity contribution in [3.63, 3.8) is 0 Å².